The third kappa shape index (κ3) is 5.21. The Kier molecular flexibility index (Phi) is 6.49. The van der Waals surface area contributed by atoms with E-state index in [1.165, 1.54) is 18.2 Å². The van der Waals surface area contributed by atoms with Gasteiger partial charge in [-0.1, -0.05) is 41.2 Å². The highest BCUT2D eigenvalue weighted by molar-refractivity contribution is 7.89. The smallest absolute Gasteiger partial charge is 0.326 e. The monoisotopic (exact) mass is 447 g/mol. The van der Waals surface area contributed by atoms with E-state index < -0.39 is 16.0 Å². The van der Waals surface area contributed by atoms with Crippen LogP contribution in [0, 0.1) is 6.92 Å². The molecule has 0 spiro atoms. The van der Waals surface area contributed by atoms with Gasteiger partial charge in [0.2, 0.25) is 10.0 Å². The number of aromatic nitrogens is 1. The molecule has 2 N–H and O–H groups in total. The number of hydrogen-bond donors (Lipinski definition) is 1. The van der Waals surface area contributed by atoms with Gasteiger partial charge in [0.05, 0.1) is 28.1 Å². The van der Waals surface area contributed by atoms with Crippen LogP contribution in [0.1, 0.15) is 18.1 Å². The Morgan fingerprint density at radius 2 is 1.97 bits per heavy atom. The van der Waals surface area contributed by atoms with Crippen LogP contribution in [0.3, 0.4) is 0 Å². The number of primary sulfonamides is 1. The second-order valence-corrected chi connectivity index (χ2v) is 9.19. The molecule has 0 atom stereocenters. The summed E-state index contributed by atoms with van der Waals surface area (Å²) in [6.45, 7) is 3.70. The van der Waals surface area contributed by atoms with Gasteiger partial charge in [0.25, 0.3) is 5.91 Å². The van der Waals surface area contributed by atoms with Gasteiger partial charge in [-0.15, -0.1) is 0 Å². The fraction of sp³-hybridized carbons (Fsp3) is 0.250. The quantitative estimate of drug-likeness (QED) is 0.579. The molecule has 1 heterocycles. The van der Waals surface area contributed by atoms with Gasteiger partial charge in [-0.25, -0.2) is 13.6 Å². The molecular weight excluding hydrogens is 426 g/mol. The molecular formula is C20H21N3O5S2. The van der Waals surface area contributed by atoms with Crippen molar-refractivity contribution in [2.45, 2.75) is 31.7 Å². The minimum atomic E-state index is -3.89. The summed E-state index contributed by atoms with van der Waals surface area (Å²) in [5, 5.41) is 5.21. The van der Waals surface area contributed by atoms with Crippen molar-refractivity contribution in [3.8, 4) is 0 Å². The standard InChI is InChI=1S/C20H21N3O5S2/c1-3-28-19(25)12-23-16-8-7-15(30(21,26)27)11-17(16)29-20(23)22-18(24)10-14-6-4-5-13(2)9-14/h4-9,11H,3,10,12H2,1-2H3,(H2,21,26,27). The highest BCUT2D eigenvalue weighted by atomic mass is 32.2. The topological polar surface area (TPSA) is 121 Å². The number of thiazole rings is 1. The first-order valence-electron chi connectivity index (χ1n) is 9.12. The lowest BCUT2D eigenvalue weighted by molar-refractivity contribution is -0.143. The van der Waals surface area contributed by atoms with E-state index in [0.717, 1.165) is 22.5 Å². The van der Waals surface area contributed by atoms with Gasteiger partial charge in [0.1, 0.15) is 6.54 Å². The highest BCUT2D eigenvalue weighted by Gasteiger charge is 2.15. The van der Waals surface area contributed by atoms with Crippen molar-refractivity contribution in [1.29, 1.82) is 0 Å². The number of sulfonamides is 1. The molecule has 0 fully saturated rings. The molecule has 8 nitrogen and oxygen atoms in total. The first-order chi connectivity index (χ1) is 14.2. The van der Waals surface area contributed by atoms with Crippen LogP contribution in [-0.2, 0) is 37.3 Å². The number of aryl methyl sites for hydroxylation is 1. The average Bonchev–Trinajstić information content (AvgIpc) is 2.97. The average molecular weight is 448 g/mol. The Morgan fingerprint density at radius 3 is 2.63 bits per heavy atom. The maximum absolute atomic E-state index is 12.6. The van der Waals surface area contributed by atoms with Crippen LogP contribution >= 0.6 is 11.3 Å². The highest BCUT2D eigenvalue weighted by Crippen LogP contribution is 2.21. The first-order valence-corrected chi connectivity index (χ1v) is 11.5. The van der Waals surface area contributed by atoms with Gasteiger partial charge < -0.3 is 9.30 Å². The molecule has 3 rings (SSSR count). The summed E-state index contributed by atoms with van der Waals surface area (Å²) in [7, 11) is -3.89. The number of rotatable bonds is 6. The lowest BCUT2D eigenvalue weighted by atomic mass is 10.1. The first kappa shape index (κ1) is 21.9. The number of benzene rings is 2. The van der Waals surface area contributed by atoms with Crippen LogP contribution < -0.4 is 9.94 Å². The van der Waals surface area contributed by atoms with Crippen molar-refractivity contribution < 1.29 is 22.7 Å². The molecule has 30 heavy (non-hydrogen) atoms. The van der Waals surface area contributed by atoms with Crippen LogP contribution in [0.5, 0.6) is 0 Å². The van der Waals surface area contributed by atoms with Gasteiger partial charge >= 0.3 is 5.97 Å². The number of nitrogens with two attached hydrogens (primary N) is 1. The Labute approximate surface area is 177 Å². The second kappa shape index (κ2) is 8.90. The molecule has 0 unspecified atom stereocenters. The molecule has 158 valence electrons. The van der Waals surface area contributed by atoms with Crippen molar-refractivity contribution in [2.75, 3.05) is 6.61 Å². The number of fused-ring (bicyclic) bond motifs is 1. The van der Waals surface area contributed by atoms with Crippen LogP contribution in [-0.4, -0.2) is 31.5 Å². The summed E-state index contributed by atoms with van der Waals surface area (Å²) < 4.78 is 30.4. The molecule has 0 bridgehead atoms. The molecule has 0 aliphatic carbocycles. The minimum Gasteiger partial charge on any atom is -0.465 e. The van der Waals surface area contributed by atoms with E-state index in [1.54, 1.807) is 11.5 Å². The number of carbonyl (C=O) groups is 2. The fourth-order valence-electron chi connectivity index (χ4n) is 2.95. The van der Waals surface area contributed by atoms with E-state index >= 15 is 0 Å². The van der Waals surface area contributed by atoms with Crippen LogP contribution in [0.4, 0.5) is 0 Å². The molecule has 0 aliphatic rings. The molecule has 10 heteroatoms. The molecule has 0 saturated carbocycles. The van der Waals surface area contributed by atoms with E-state index in [2.05, 4.69) is 4.99 Å². The molecule has 1 aromatic heterocycles. The van der Waals surface area contributed by atoms with E-state index in [4.69, 9.17) is 9.88 Å². The van der Waals surface area contributed by atoms with Gasteiger partial charge in [-0.3, -0.25) is 9.59 Å². The number of hydrogen-bond acceptors (Lipinski definition) is 6. The Morgan fingerprint density at radius 1 is 1.20 bits per heavy atom. The summed E-state index contributed by atoms with van der Waals surface area (Å²) in [6.07, 6.45) is 0.109. The third-order valence-electron chi connectivity index (χ3n) is 4.23. The molecule has 2 aromatic carbocycles. The van der Waals surface area contributed by atoms with Crippen molar-refractivity contribution in [1.82, 2.24) is 4.57 Å². The Hall–Kier alpha value is -2.82. The third-order valence-corrected chi connectivity index (χ3v) is 6.19. The molecule has 0 radical (unpaired) electrons. The Balaban J connectivity index is 2.07. The normalized spacial score (nSPS) is 12.3. The maximum Gasteiger partial charge on any atom is 0.326 e. The predicted molar refractivity (Wildman–Crippen MR) is 113 cm³/mol. The minimum absolute atomic E-state index is 0.0582. The van der Waals surface area contributed by atoms with E-state index in [-0.39, 0.29) is 35.2 Å². The summed E-state index contributed by atoms with van der Waals surface area (Å²) in [6, 6.07) is 11.8. The van der Waals surface area contributed by atoms with Gasteiger partial charge in [0.15, 0.2) is 4.80 Å². The van der Waals surface area contributed by atoms with E-state index in [9.17, 15) is 18.0 Å². The predicted octanol–water partition coefficient (Wildman–Crippen LogP) is 1.89. The van der Waals surface area contributed by atoms with Crippen LogP contribution in [0.15, 0.2) is 52.4 Å². The SMILES string of the molecule is CCOC(=O)Cn1c(=NC(=O)Cc2cccc(C)c2)sc2cc(S(N)(=O)=O)ccc21. The van der Waals surface area contributed by atoms with E-state index in [0.29, 0.717) is 10.2 Å². The molecule has 1 amide bonds. The zero-order valence-corrected chi connectivity index (χ0v) is 18.1. The summed E-state index contributed by atoms with van der Waals surface area (Å²) in [5.74, 6) is -0.864. The summed E-state index contributed by atoms with van der Waals surface area (Å²) in [5.41, 5.74) is 2.43. The van der Waals surface area contributed by atoms with Gasteiger partial charge in [-0.2, -0.15) is 4.99 Å². The van der Waals surface area contributed by atoms with Crippen LogP contribution in [0.2, 0.25) is 0 Å². The molecule has 0 aliphatic heterocycles. The van der Waals surface area contributed by atoms with Crippen molar-refractivity contribution in [3.05, 3.63) is 58.4 Å². The number of nitrogens with zero attached hydrogens (tertiary/aromatic N) is 2. The fourth-order valence-corrected chi connectivity index (χ4v) is 4.65. The molecule has 0 saturated heterocycles. The zero-order valence-electron chi connectivity index (χ0n) is 16.5. The lowest BCUT2D eigenvalue weighted by Gasteiger charge is -2.05. The maximum atomic E-state index is 12.6. The van der Waals surface area contributed by atoms with Crippen molar-refractivity contribution in [2.24, 2.45) is 10.1 Å². The van der Waals surface area contributed by atoms with Gasteiger partial charge in [0, 0.05) is 0 Å². The van der Waals surface area contributed by atoms with Crippen molar-refractivity contribution >= 4 is 43.5 Å². The van der Waals surface area contributed by atoms with Crippen LogP contribution in [0.25, 0.3) is 10.2 Å². The largest absolute Gasteiger partial charge is 0.465 e. The lowest BCUT2D eigenvalue weighted by Crippen LogP contribution is -2.23. The number of ether oxygens (including phenoxy) is 1. The number of amides is 1. The number of carbonyl (C=O) groups excluding carboxylic acids is 2. The van der Waals surface area contributed by atoms with Gasteiger partial charge in [-0.05, 0) is 37.6 Å². The van der Waals surface area contributed by atoms with E-state index in [1.807, 2.05) is 31.2 Å². The Bertz CT molecular complexity index is 1290. The number of esters is 1. The molecule has 3 aromatic rings. The summed E-state index contributed by atoms with van der Waals surface area (Å²) in [4.78, 5) is 29.0. The zero-order chi connectivity index (χ0) is 21.9. The second-order valence-electron chi connectivity index (χ2n) is 6.62. The summed E-state index contributed by atoms with van der Waals surface area (Å²) >= 11 is 1.10. The van der Waals surface area contributed by atoms with Crippen molar-refractivity contribution in [3.63, 3.8) is 0 Å².